The van der Waals surface area contributed by atoms with Crippen molar-refractivity contribution in [1.82, 2.24) is 4.90 Å². The molecule has 1 heterocycles. The molecule has 2 aliphatic rings. The van der Waals surface area contributed by atoms with Crippen LogP contribution in [0.25, 0.3) is 10.8 Å². The van der Waals surface area contributed by atoms with Gasteiger partial charge in [-0.2, -0.15) is 0 Å². The number of benzene rings is 2. The van der Waals surface area contributed by atoms with Gasteiger partial charge in [-0.3, -0.25) is 0 Å². The molecule has 0 radical (unpaired) electrons. The molecule has 1 aliphatic heterocycles. The van der Waals surface area contributed by atoms with Gasteiger partial charge in [0.1, 0.15) is 0 Å². The van der Waals surface area contributed by atoms with E-state index in [4.69, 9.17) is 16.3 Å². The summed E-state index contributed by atoms with van der Waals surface area (Å²) in [6.45, 7) is 3.17. The van der Waals surface area contributed by atoms with Crippen LogP contribution >= 0.6 is 11.6 Å². The molecule has 1 saturated carbocycles. The molecule has 3 nitrogen and oxygen atoms in total. The number of piperidine rings is 1. The van der Waals surface area contributed by atoms with Gasteiger partial charge in [0, 0.05) is 18.5 Å². The highest BCUT2D eigenvalue weighted by atomic mass is 35.5. The predicted octanol–water partition coefficient (Wildman–Crippen LogP) is 4.13. The van der Waals surface area contributed by atoms with E-state index in [1.54, 1.807) is 11.8 Å². The molecule has 0 N–H and O–H groups in total. The highest BCUT2D eigenvalue weighted by Crippen LogP contribution is 2.59. The van der Waals surface area contributed by atoms with Crippen molar-refractivity contribution in [3.05, 3.63) is 48.0 Å². The Morgan fingerprint density at radius 1 is 1.32 bits per heavy atom. The van der Waals surface area contributed by atoms with E-state index in [2.05, 4.69) is 42.5 Å². The average molecular weight is 316 g/mol. The number of amides is 1. The first kappa shape index (κ1) is 13.9. The second-order valence-electron chi connectivity index (χ2n) is 6.43. The van der Waals surface area contributed by atoms with Gasteiger partial charge in [-0.15, -0.1) is 0 Å². The van der Waals surface area contributed by atoms with Crippen LogP contribution in [0, 0.1) is 5.92 Å². The summed E-state index contributed by atoms with van der Waals surface area (Å²) >= 11 is 5.75. The van der Waals surface area contributed by atoms with Gasteiger partial charge in [0.15, 0.2) is 5.56 Å². The fraction of sp³-hybridized carbons (Fsp3) is 0.389. The first-order chi connectivity index (χ1) is 10.6. The van der Waals surface area contributed by atoms with Crippen LogP contribution in [0.3, 0.4) is 0 Å². The van der Waals surface area contributed by atoms with E-state index < -0.39 is 5.56 Å². The van der Waals surface area contributed by atoms with Gasteiger partial charge in [0.25, 0.3) is 0 Å². The topological polar surface area (TPSA) is 29.5 Å². The molecule has 4 rings (SSSR count). The highest BCUT2D eigenvalue weighted by Gasteiger charge is 2.62. The van der Waals surface area contributed by atoms with E-state index in [-0.39, 0.29) is 11.5 Å². The zero-order valence-electron chi connectivity index (χ0n) is 12.5. The Balaban J connectivity index is 1.59. The lowest BCUT2D eigenvalue weighted by Crippen LogP contribution is -2.34. The van der Waals surface area contributed by atoms with Crippen molar-refractivity contribution in [1.29, 1.82) is 0 Å². The molecule has 0 aromatic heterocycles. The molecule has 1 unspecified atom stereocenters. The molecule has 22 heavy (non-hydrogen) atoms. The molecule has 0 spiro atoms. The van der Waals surface area contributed by atoms with Gasteiger partial charge in [-0.05, 0) is 35.6 Å². The monoisotopic (exact) mass is 315 g/mol. The van der Waals surface area contributed by atoms with Crippen molar-refractivity contribution in [3.63, 3.8) is 0 Å². The summed E-state index contributed by atoms with van der Waals surface area (Å²) < 4.78 is 5.11. The van der Waals surface area contributed by atoms with Crippen molar-refractivity contribution in [2.45, 2.75) is 24.3 Å². The molecular formula is C18H18ClNO2. The average Bonchev–Trinajstić information content (AvgIpc) is 3.08. The second-order valence-corrected chi connectivity index (χ2v) is 7.04. The normalized spacial score (nSPS) is 27.5. The maximum atomic E-state index is 12.0. The van der Waals surface area contributed by atoms with E-state index >= 15 is 0 Å². The standard InChI is InChI=1S/C18H18ClNO2/c1-12(19)22-17(21)20-10-16-9-18(16,11-20)15-7-6-13-4-2-3-5-14(13)8-15/h2-8,12,16H,9-11H2,1H3/t12?,16-,18+/m1/s1. The highest BCUT2D eigenvalue weighted by molar-refractivity contribution is 6.19. The molecule has 4 heteroatoms. The SMILES string of the molecule is CC(Cl)OC(=O)N1C[C@H]2C[C@@]2(c2ccc3ccccc3c2)C1. The molecule has 2 aromatic rings. The summed E-state index contributed by atoms with van der Waals surface area (Å²) in [5.74, 6) is 0.548. The van der Waals surface area contributed by atoms with Crippen molar-refractivity contribution in [3.8, 4) is 0 Å². The number of hydrogen-bond acceptors (Lipinski definition) is 2. The number of rotatable bonds is 2. The van der Waals surface area contributed by atoms with Crippen LogP contribution in [0.5, 0.6) is 0 Å². The number of fused-ring (bicyclic) bond motifs is 2. The van der Waals surface area contributed by atoms with Crippen molar-refractivity contribution in [2.24, 2.45) is 5.92 Å². The van der Waals surface area contributed by atoms with E-state index in [0.29, 0.717) is 5.92 Å². The molecule has 2 fully saturated rings. The molecule has 114 valence electrons. The fourth-order valence-corrected chi connectivity index (χ4v) is 3.86. The molecule has 3 atom stereocenters. The molecule has 1 saturated heterocycles. The number of carbonyl (C=O) groups is 1. The third-order valence-corrected chi connectivity index (χ3v) is 5.08. The second kappa shape index (κ2) is 4.88. The lowest BCUT2D eigenvalue weighted by atomic mass is 9.93. The number of hydrogen-bond donors (Lipinski definition) is 0. The summed E-state index contributed by atoms with van der Waals surface area (Å²) in [6.07, 6.45) is 0.862. The Morgan fingerprint density at radius 3 is 2.86 bits per heavy atom. The molecule has 2 aromatic carbocycles. The lowest BCUT2D eigenvalue weighted by Gasteiger charge is -2.21. The largest absolute Gasteiger partial charge is 0.430 e. The van der Waals surface area contributed by atoms with Crippen LogP contribution in [0.1, 0.15) is 18.9 Å². The van der Waals surface area contributed by atoms with Crippen molar-refractivity contribution < 1.29 is 9.53 Å². The maximum Gasteiger partial charge on any atom is 0.411 e. The fourth-order valence-electron chi connectivity index (χ4n) is 3.78. The van der Waals surface area contributed by atoms with Crippen LogP contribution in [0.4, 0.5) is 4.79 Å². The van der Waals surface area contributed by atoms with Crippen molar-refractivity contribution in [2.75, 3.05) is 13.1 Å². The number of carbonyl (C=O) groups excluding carboxylic acids is 1. The van der Waals surface area contributed by atoms with Crippen LogP contribution in [0.2, 0.25) is 0 Å². The zero-order valence-corrected chi connectivity index (χ0v) is 13.2. The third-order valence-electron chi connectivity index (χ3n) is 4.99. The predicted molar refractivity (Wildman–Crippen MR) is 87.1 cm³/mol. The number of nitrogens with zero attached hydrogens (tertiary/aromatic N) is 1. The first-order valence-corrected chi connectivity index (χ1v) is 8.11. The minimum Gasteiger partial charge on any atom is -0.430 e. The summed E-state index contributed by atoms with van der Waals surface area (Å²) in [6, 6.07) is 15.0. The Morgan fingerprint density at radius 2 is 2.09 bits per heavy atom. The lowest BCUT2D eigenvalue weighted by molar-refractivity contribution is 0.0992. The Kier molecular flexibility index (Phi) is 3.08. The summed E-state index contributed by atoms with van der Waals surface area (Å²) in [4.78, 5) is 13.8. The Labute approximate surface area is 134 Å². The van der Waals surface area contributed by atoms with E-state index in [0.717, 1.165) is 19.5 Å². The molecule has 1 amide bonds. The zero-order chi connectivity index (χ0) is 15.3. The summed E-state index contributed by atoms with van der Waals surface area (Å²) in [7, 11) is 0. The summed E-state index contributed by atoms with van der Waals surface area (Å²) in [5.41, 5.74) is 0.880. The number of ether oxygens (including phenoxy) is 1. The van der Waals surface area contributed by atoms with Crippen LogP contribution in [0.15, 0.2) is 42.5 Å². The van der Waals surface area contributed by atoms with Gasteiger partial charge in [0.05, 0.1) is 0 Å². The number of likely N-dealkylation sites (tertiary alicyclic amines) is 1. The first-order valence-electron chi connectivity index (χ1n) is 7.67. The number of halogens is 1. The van der Waals surface area contributed by atoms with Gasteiger partial charge in [0.2, 0.25) is 0 Å². The third kappa shape index (κ3) is 2.15. The van der Waals surface area contributed by atoms with Gasteiger partial charge >= 0.3 is 6.09 Å². The number of alkyl halides is 1. The van der Waals surface area contributed by atoms with Crippen LogP contribution in [-0.2, 0) is 10.2 Å². The molecular weight excluding hydrogens is 298 g/mol. The quantitative estimate of drug-likeness (QED) is 0.780. The van der Waals surface area contributed by atoms with E-state index in [1.165, 1.54) is 16.3 Å². The van der Waals surface area contributed by atoms with Gasteiger partial charge in [-0.25, -0.2) is 4.79 Å². The summed E-state index contributed by atoms with van der Waals surface area (Å²) in [5, 5.41) is 2.51. The maximum absolute atomic E-state index is 12.0. The van der Waals surface area contributed by atoms with Crippen LogP contribution < -0.4 is 0 Å². The minimum absolute atomic E-state index is 0.124. The van der Waals surface area contributed by atoms with Crippen molar-refractivity contribution >= 4 is 28.5 Å². The Hall–Kier alpha value is -1.74. The smallest absolute Gasteiger partial charge is 0.411 e. The van der Waals surface area contributed by atoms with E-state index in [1.807, 2.05) is 0 Å². The molecule has 1 aliphatic carbocycles. The van der Waals surface area contributed by atoms with Gasteiger partial charge in [-0.1, -0.05) is 54.1 Å². The van der Waals surface area contributed by atoms with E-state index in [9.17, 15) is 4.79 Å². The van der Waals surface area contributed by atoms with Gasteiger partial charge < -0.3 is 9.64 Å². The minimum atomic E-state index is -0.582. The van der Waals surface area contributed by atoms with Crippen LogP contribution in [-0.4, -0.2) is 29.6 Å². The molecule has 0 bridgehead atoms. The Bertz CT molecular complexity index is 745.